The minimum atomic E-state index is -4.48. The molecule has 0 aliphatic rings. The highest BCUT2D eigenvalue weighted by Gasteiger charge is 2.30. The molecule has 2 aromatic carbocycles. The molecule has 0 aromatic heterocycles. The lowest BCUT2D eigenvalue weighted by atomic mass is 10.1. The number of aromatic hydroxyl groups is 1. The number of benzene rings is 2. The van der Waals surface area contributed by atoms with E-state index in [1.54, 1.807) is 0 Å². The molecule has 0 radical (unpaired) electrons. The van der Waals surface area contributed by atoms with Crippen molar-refractivity contribution in [2.75, 3.05) is 5.32 Å². The molecule has 0 bridgehead atoms. The molecular formula is C14H9F4NO2. The summed E-state index contributed by atoms with van der Waals surface area (Å²) in [6.07, 6.45) is -4.48. The Labute approximate surface area is 116 Å². The van der Waals surface area contributed by atoms with E-state index in [0.29, 0.717) is 0 Å². The van der Waals surface area contributed by atoms with Crippen LogP contribution in [0.25, 0.3) is 0 Å². The third-order valence-corrected chi connectivity index (χ3v) is 2.69. The van der Waals surface area contributed by atoms with E-state index in [0.717, 1.165) is 36.4 Å². The van der Waals surface area contributed by atoms with Gasteiger partial charge in [-0.15, -0.1) is 0 Å². The lowest BCUT2D eigenvalue weighted by Gasteiger charge is -2.10. The molecule has 0 aliphatic carbocycles. The van der Waals surface area contributed by atoms with Crippen molar-refractivity contribution in [3.63, 3.8) is 0 Å². The highest BCUT2D eigenvalue weighted by atomic mass is 19.4. The Morgan fingerprint density at radius 2 is 1.67 bits per heavy atom. The van der Waals surface area contributed by atoms with Crippen LogP contribution in [0.4, 0.5) is 23.2 Å². The Kier molecular flexibility index (Phi) is 3.84. The molecule has 0 saturated heterocycles. The summed E-state index contributed by atoms with van der Waals surface area (Å²) in [6.45, 7) is 0. The van der Waals surface area contributed by atoms with Crippen molar-refractivity contribution in [3.05, 3.63) is 59.4 Å². The van der Waals surface area contributed by atoms with Gasteiger partial charge in [-0.25, -0.2) is 4.39 Å². The topological polar surface area (TPSA) is 49.3 Å². The summed E-state index contributed by atoms with van der Waals surface area (Å²) in [4.78, 5) is 11.8. The number of hydrogen-bond donors (Lipinski definition) is 2. The van der Waals surface area contributed by atoms with Crippen LogP contribution in [-0.4, -0.2) is 11.0 Å². The Morgan fingerprint density at radius 3 is 2.19 bits per heavy atom. The molecule has 2 aromatic rings. The van der Waals surface area contributed by atoms with Gasteiger partial charge in [-0.2, -0.15) is 13.2 Å². The molecule has 2 N–H and O–H groups in total. The second-order valence-corrected chi connectivity index (χ2v) is 4.16. The fourth-order valence-corrected chi connectivity index (χ4v) is 1.67. The normalized spacial score (nSPS) is 11.2. The molecule has 0 unspecified atom stereocenters. The van der Waals surface area contributed by atoms with Gasteiger partial charge < -0.3 is 10.4 Å². The summed E-state index contributed by atoms with van der Waals surface area (Å²) in [5.41, 5.74) is -1.39. The van der Waals surface area contributed by atoms with E-state index in [9.17, 15) is 27.5 Å². The fourth-order valence-electron chi connectivity index (χ4n) is 1.67. The van der Waals surface area contributed by atoms with Gasteiger partial charge in [-0.1, -0.05) is 6.07 Å². The van der Waals surface area contributed by atoms with E-state index in [4.69, 9.17) is 0 Å². The van der Waals surface area contributed by atoms with Crippen LogP contribution in [0, 0.1) is 5.82 Å². The van der Waals surface area contributed by atoms with E-state index in [1.165, 1.54) is 6.07 Å². The van der Waals surface area contributed by atoms with Gasteiger partial charge in [0.15, 0.2) is 0 Å². The lowest BCUT2D eigenvalue weighted by Crippen LogP contribution is -2.14. The number of alkyl halides is 3. The number of anilines is 1. The van der Waals surface area contributed by atoms with E-state index >= 15 is 0 Å². The number of amides is 1. The first-order chi connectivity index (χ1) is 9.79. The van der Waals surface area contributed by atoms with E-state index in [-0.39, 0.29) is 5.69 Å². The van der Waals surface area contributed by atoms with Gasteiger partial charge in [0.2, 0.25) is 0 Å². The summed E-state index contributed by atoms with van der Waals surface area (Å²) in [5, 5.41) is 11.7. The molecule has 0 spiro atoms. The van der Waals surface area contributed by atoms with Crippen LogP contribution in [0.2, 0.25) is 0 Å². The first-order valence-corrected chi connectivity index (χ1v) is 5.75. The van der Waals surface area contributed by atoms with E-state index in [1.807, 2.05) is 0 Å². The van der Waals surface area contributed by atoms with Gasteiger partial charge in [-0.3, -0.25) is 4.79 Å². The molecule has 0 fully saturated rings. The molecule has 0 saturated carbocycles. The van der Waals surface area contributed by atoms with Crippen LogP contribution >= 0.6 is 0 Å². The predicted octanol–water partition coefficient (Wildman–Crippen LogP) is 3.80. The zero-order chi connectivity index (χ0) is 15.6. The zero-order valence-electron chi connectivity index (χ0n) is 10.4. The highest BCUT2D eigenvalue weighted by molar-refractivity contribution is 6.06. The highest BCUT2D eigenvalue weighted by Crippen LogP contribution is 2.30. The van der Waals surface area contributed by atoms with Crippen LogP contribution in [0.3, 0.4) is 0 Å². The second-order valence-electron chi connectivity index (χ2n) is 4.16. The second kappa shape index (κ2) is 5.43. The number of phenolic OH excluding ortho intramolecular Hbond substituents is 1. The van der Waals surface area contributed by atoms with Gasteiger partial charge in [0.05, 0.1) is 5.56 Å². The number of nitrogens with one attached hydrogen (secondary N) is 1. The van der Waals surface area contributed by atoms with Crippen molar-refractivity contribution < 1.29 is 27.5 Å². The number of phenols is 1. The first kappa shape index (κ1) is 14.8. The minimum Gasteiger partial charge on any atom is -0.507 e. The van der Waals surface area contributed by atoms with Crippen LogP contribution in [0.5, 0.6) is 5.75 Å². The molecular weight excluding hydrogens is 290 g/mol. The van der Waals surface area contributed by atoms with Crippen molar-refractivity contribution in [1.82, 2.24) is 0 Å². The molecule has 110 valence electrons. The van der Waals surface area contributed by atoms with Gasteiger partial charge in [0.25, 0.3) is 5.91 Å². The van der Waals surface area contributed by atoms with E-state index < -0.39 is 34.8 Å². The average Bonchev–Trinajstić information content (AvgIpc) is 2.38. The standard InChI is InChI=1S/C14H9F4NO2/c15-10-2-1-3-11(20)12(10)13(21)19-9-6-4-8(5-7-9)14(16,17)18/h1-7,20H,(H,19,21). The van der Waals surface area contributed by atoms with Crippen molar-refractivity contribution in [1.29, 1.82) is 0 Å². The van der Waals surface area contributed by atoms with Crippen molar-refractivity contribution in [3.8, 4) is 5.75 Å². The Hall–Kier alpha value is -2.57. The third-order valence-electron chi connectivity index (χ3n) is 2.69. The van der Waals surface area contributed by atoms with Crippen molar-refractivity contribution in [2.24, 2.45) is 0 Å². The SMILES string of the molecule is O=C(Nc1ccc(C(F)(F)F)cc1)c1c(O)cccc1F. The summed E-state index contributed by atoms with van der Waals surface area (Å²) in [5.74, 6) is -2.44. The summed E-state index contributed by atoms with van der Waals surface area (Å²) in [6, 6.07) is 7.00. The zero-order valence-corrected chi connectivity index (χ0v) is 10.4. The number of halogens is 4. The van der Waals surface area contributed by atoms with Crippen LogP contribution in [0.1, 0.15) is 15.9 Å². The largest absolute Gasteiger partial charge is 0.507 e. The van der Waals surface area contributed by atoms with Gasteiger partial charge in [0.1, 0.15) is 17.1 Å². The summed E-state index contributed by atoms with van der Waals surface area (Å²) in [7, 11) is 0. The number of rotatable bonds is 2. The Bertz CT molecular complexity index is 645. The Balaban J connectivity index is 2.21. The van der Waals surface area contributed by atoms with Gasteiger partial charge in [0, 0.05) is 5.69 Å². The molecule has 1 amide bonds. The quantitative estimate of drug-likeness (QED) is 0.829. The minimum absolute atomic E-state index is 0.0515. The Morgan fingerprint density at radius 1 is 1.05 bits per heavy atom. The van der Waals surface area contributed by atoms with Crippen LogP contribution in [0.15, 0.2) is 42.5 Å². The maximum atomic E-state index is 13.5. The summed E-state index contributed by atoms with van der Waals surface area (Å²) < 4.78 is 50.6. The van der Waals surface area contributed by atoms with Gasteiger partial charge >= 0.3 is 6.18 Å². The average molecular weight is 299 g/mol. The molecule has 0 heterocycles. The molecule has 2 rings (SSSR count). The number of carbonyl (C=O) groups is 1. The lowest BCUT2D eigenvalue weighted by molar-refractivity contribution is -0.137. The van der Waals surface area contributed by atoms with Crippen LogP contribution < -0.4 is 5.32 Å². The number of hydrogen-bond acceptors (Lipinski definition) is 2. The third kappa shape index (κ3) is 3.31. The maximum absolute atomic E-state index is 13.5. The molecule has 7 heteroatoms. The van der Waals surface area contributed by atoms with Crippen molar-refractivity contribution >= 4 is 11.6 Å². The maximum Gasteiger partial charge on any atom is 0.416 e. The molecule has 21 heavy (non-hydrogen) atoms. The van der Waals surface area contributed by atoms with Gasteiger partial charge in [-0.05, 0) is 36.4 Å². The molecule has 3 nitrogen and oxygen atoms in total. The van der Waals surface area contributed by atoms with Crippen molar-refractivity contribution in [2.45, 2.75) is 6.18 Å². The number of carbonyl (C=O) groups excluding carboxylic acids is 1. The van der Waals surface area contributed by atoms with Crippen LogP contribution in [-0.2, 0) is 6.18 Å². The summed E-state index contributed by atoms with van der Waals surface area (Å²) >= 11 is 0. The predicted molar refractivity (Wildman–Crippen MR) is 67.5 cm³/mol. The molecule has 0 atom stereocenters. The smallest absolute Gasteiger partial charge is 0.416 e. The monoisotopic (exact) mass is 299 g/mol. The fraction of sp³-hybridized carbons (Fsp3) is 0.0714. The van der Waals surface area contributed by atoms with E-state index in [2.05, 4.69) is 5.32 Å². The molecule has 0 aliphatic heterocycles. The first-order valence-electron chi connectivity index (χ1n) is 5.75.